The summed E-state index contributed by atoms with van der Waals surface area (Å²) in [5, 5.41) is 9.17. The van der Waals surface area contributed by atoms with Gasteiger partial charge in [0.2, 0.25) is 5.12 Å². The number of anilines is 1. The molecule has 3 rings (SSSR count). The number of carbonyl (C=O) groups is 2. The van der Waals surface area contributed by atoms with Crippen LogP contribution in [-0.2, 0) is 10.2 Å². The standard InChI is InChI=1S/C22H27F3N4O2S/c1-12-5-17(20(31)27-8-14-10-32-18(30)9-26-14)29-19-15(12)6-13(28-11-22(23,24)25)7-16(19)21(2,3)4/h5-7,14,26,28H,8-11H2,1-4H3,(H,27,31)/t14-/m1/s1. The molecule has 0 radical (unpaired) electrons. The second-order valence-corrected chi connectivity index (χ2v) is 10.0. The zero-order chi connectivity index (χ0) is 23.7. The van der Waals surface area contributed by atoms with Crippen LogP contribution in [0.4, 0.5) is 18.9 Å². The van der Waals surface area contributed by atoms with E-state index in [1.54, 1.807) is 18.2 Å². The van der Waals surface area contributed by atoms with Gasteiger partial charge in [0.15, 0.2) is 0 Å². The van der Waals surface area contributed by atoms with Gasteiger partial charge in [0, 0.05) is 29.4 Å². The third kappa shape index (κ3) is 6.13. The molecular weight excluding hydrogens is 441 g/mol. The molecule has 6 nitrogen and oxygen atoms in total. The molecule has 0 saturated carbocycles. The Morgan fingerprint density at radius 1 is 1.25 bits per heavy atom. The zero-order valence-corrected chi connectivity index (χ0v) is 19.3. The fourth-order valence-corrected chi connectivity index (χ4v) is 4.26. The average Bonchev–Trinajstić information content (AvgIpc) is 2.70. The number of aromatic nitrogens is 1. The third-order valence-corrected chi connectivity index (χ3v) is 6.18. The lowest BCUT2D eigenvalue weighted by Crippen LogP contribution is -2.47. The number of benzene rings is 1. The van der Waals surface area contributed by atoms with Gasteiger partial charge in [-0.3, -0.25) is 9.59 Å². The fourth-order valence-electron chi connectivity index (χ4n) is 3.45. The van der Waals surface area contributed by atoms with Crippen molar-refractivity contribution in [2.45, 2.75) is 45.3 Å². The van der Waals surface area contributed by atoms with Gasteiger partial charge >= 0.3 is 6.18 Å². The van der Waals surface area contributed by atoms with Crippen LogP contribution in [0.5, 0.6) is 0 Å². The molecule has 2 heterocycles. The van der Waals surface area contributed by atoms with E-state index in [9.17, 15) is 22.8 Å². The molecule has 1 fully saturated rings. The number of halogens is 3. The van der Waals surface area contributed by atoms with Gasteiger partial charge in [0.25, 0.3) is 5.91 Å². The van der Waals surface area contributed by atoms with E-state index in [-0.39, 0.29) is 29.3 Å². The minimum Gasteiger partial charge on any atom is -0.376 e. The SMILES string of the molecule is Cc1cc(C(=O)NC[C@@H]2CSC(=O)CN2)nc2c(C(C)(C)C)cc(NCC(F)(F)F)cc12. The van der Waals surface area contributed by atoms with Crippen LogP contribution in [0.2, 0.25) is 0 Å². The molecule has 174 valence electrons. The van der Waals surface area contributed by atoms with E-state index in [0.717, 1.165) is 11.1 Å². The van der Waals surface area contributed by atoms with Gasteiger partial charge < -0.3 is 16.0 Å². The summed E-state index contributed by atoms with van der Waals surface area (Å²) in [7, 11) is 0. The van der Waals surface area contributed by atoms with E-state index < -0.39 is 18.1 Å². The van der Waals surface area contributed by atoms with Crippen molar-refractivity contribution in [1.29, 1.82) is 0 Å². The van der Waals surface area contributed by atoms with Gasteiger partial charge in [0.1, 0.15) is 12.2 Å². The summed E-state index contributed by atoms with van der Waals surface area (Å²) in [6.07, 6.45) is -4.33. The lowest BCUT2D eigenvalue weighted by Gasteiger charge is -2.24. The number of thioether (sulfide) groups is 1. The number of carbonyl (C=O) groups excluding carboxylic acids is 2. The van der Waals surface area contributed by atoms with E-state index in [4.69, 9.17) is 0 Å². The molecular formula is C22H27F3N4O2S. The first kappa shape index (κ1) is 24.3. The third-order valence-electron chi connectivity index (χ3n) is 5.14. The highest BCUT2D eigenvalue weighted by atomic mass is 32.2. The van der Waals surface area contributed by atoms with Crippen molar-refractivity contribution < 1.29 is 22.8 Å². The Labute approximate surface area is 189 Å². The Morgan fingerprint density at radius 2 is 1.97 bits per heavy atom. The number of nitrogens with one attached hydrogen (secondary N) is 3. The number of alkyl halides is 3. The van der Waals surface area contributed by atoms with Crippen LogP contribution in [0.25, 0.3) is 10.9 Å². The highest BCUT2D eigenvalue weighted by molar-refractivity contribution is 8.13. The largest absolute Gasteiger partial charge is 0.405 e. The number of nitrogens with zero attached hydrogens (tertiary/aromatic N) is 1. The lowest BCUT2D eigenvalue weighted by molar-refractivity contribution is -0.115. The van der Waals surface area contributed by atoms with Crippen LogP contribution in [0.15, 0.2) is 18.2 Å². The van der Waals surface area contributed by atoms with E-state index in [1.807, 2.05) is 27.7 Å². The minimum absolute atomic E-state index is 0.00407. The Hall–Kier alpha value is -2.33. The Kier molecular flexibility index (Phi) is 7.04. The summed E-state index contributed by atoms with van der Waals surface area (Å²) in [5.41, 5.74) is 2.29. The number of rotatable bonds is 5. The smallest absolute Gasteiger partial charge is 0.376 e. The predicted molar refractivity (Wildman–Crippen MR) is 121 cm³/mol. The lowest BCUT2D eigenvalue weighted by atomic mass is 9.84. The van der Waals surface area contributed by atoms with Crippen molar-refractivity contribution in [3.05, 3.63) is 35.0 Å². The van der Waals surface area contributed by atoms with Crippen molar-refractivity contribution in [3.8, 4) is 0 Å². The molecule has 32 heavy (non-hydrogen) atoms. The number of amides is 1. The van der Waals surface area contributed by atoms with Crippen molar-refractivity contribution in [2.24, 2.45) is 0 Å². The molecule has 1 saturated heterocycles. The summed E-state index contributed by atoms with van der Waals surface area (Å²) in [4.78, 5) is 28.7. The maximum atomic E-state index is 12.8. The molecule has 0 spiro atoms. The molecule has 0 aliphatic carbocycles. The first-order chi connectivity index (χ1) is 14.8. The predicted octanol–water partition coefficient (Wildman–Crippen LogP) is 3.78. The summed E-state index contributed by atoms with van der Waals surface area (Å²) in [5.74, 6) is 0.253. The van der Waals surface area contributed by atoms with Crippen molar-refractivity contribution in [2.75, 3.05) is 30.7 Å². The highest BCUT2D eigenvalue weighted by Crippen LogP contribution is 2.34. The molecule has 1 aliphatic rings. The first-order valence-electron chi connectivity index (χ1n) is 10.3. The molecule has 0 bridgehead atoms. The molecule has 1 atom stereocenters. The average molecular weight is 469 g/mol. The maximum Gasteiger partial charge on any atom is 0.405 e. The normalized spacial score (nSPS) is 17.5. The van der Waals surface area contributed by atoms with Gasteiger partial charge in [-0.25, -0.2) is 4.98 Å². The zero-order valence-electron chi connectivity index (χ0n) is 18.4. The van der Waals surface area contributed by atoms with E-state index in [2.05, 4.69) is 20.9 Å². The van der Waals surface area contributed by atoms with Crippen LogP contribution >= 0.6 is 11.8 Å². The Morgan fingerprint density at radius 3 is 2.56 bits per heavy atom. The highest BCUT2D eigenvalue weighted by Gasteiger charge is 2.28. The number of pyridine rings is 1. The summed E-state index contributed by atoms with van der Waals surface area (Å²) >= 11 is 1.24. The molecule has 2 aromatic rings. The Bertz CT molecular complexity index is 1020. The van der Waals surface area contributed by atoms with E-state index in [1.165, 1.54) is 11.8 Å². The topological polar surface area (TPSA) is 83.1 Å². The van der Waals surface area contributed by atoms with Gasteiger partial charge in [-0.1, -0.05) is 32.5 Å². The second-order valence-electron chi connectivity index (χ2n) is 8.93. The van der Waals surface area contributed by atoms with Crippen LogP contribution < -0.4 is 16.0 Å². The van der Waals surface area contributed by atoms with Gasteiger partial charge in [0.05, 0.1) is 12.1 Å². The number of hydrogen-bond acceptors (Lipinski definition) is 6. The van der Waals surface area contributed by atoms with Crippen LogP contribution in [-0.4, -0.2) is 53.6 Å². The molecule has 3 N–H and O–H groups in total. The monoisotopic (exact) mass is 468 g/mol. The number of aryl methyl sites for hydroxylation is 1. The quantitative estimate of drug-likeness (QED) is 0.620. The van der Waals surface area contributed by atoms with Crippen LogP contribution in [0.3, 0.4) is 0 Å². The van der Waals surface area contributed by atoms with Crippen molar-refractivity contribution in [3.63, 3.8) is 0 Å². The molecule has 1 aliphatic heterocycles. The summed E-state index contributed by atoms with van der Waals surface area (Å²) in [6, 6.07) is 4.95. The van der Waals surface area contributed by atoms with Crippen molar-refractivity contribution in [1.82, 2.24) is 15.6 Å². The Balaban J connectivity index is 1.89. The summed E-state index contributed by atoms with van der Waals surface area (Å²) in [6.45, 7) is 7.18. The maximum absolute atomic E-state index is 12.8. The number of fused-ring (bicyclic) bond motifs is 1. The van der Waals surface area contributed by atoms with Gasteiger partial charge in [-0.2, -0.15) is 13.2 Å². The van der Waals surface area contributed by atoms with E-state index >= 15 is 0 Å². The van der Waals surface area contributed by atoms with Crippen molar-refractivity contribution >= 4 is 39.4 Å². The molecule has 1 amide bonds. The second kappa shape index (κ2) is 9.27. The van der Waals surface area contributed by atoms with Crippen LogP contribution in [0.1, 0.15) is 42.4 Å². The minimum atomic E-state index is -4.33. The molecule has 0 unspecified atom stereocenters. The van der Waals surface area contributed by atoms with Gasteiger partial charge in [-0.05, 0) is 41.7 Å². The van der Waals surface area contributed by atoms with E-state index in [0.29, 0.717) is 28.9 Å². The summed E-state index contributed by atoms with van der Waals surface area (Å²) < 4.78 is 38.1. The van der Waals surface area contributed by atoms with Gasteiger partial charge in [-0.15, -0.1) is 0 Å². The van der Waals surface area contributed by atoms with Crippen LogP contribution in [0, 0.1) is 6.92 Å². The number of hydrogen-bond donors (Lipinski definition) is 3. The first-order valence-corrected chi connectivity index (χ1v) is 11.3. The molecule has 10 heteroatoms. The fraction of sp³-hybridized carbons (Fsp3) is 0.500. The molecule has 1 aromatic heterocycles. The molecule has 1 aromatic carbocycles.